The van der Waals surface area contributed by atoms with E-state index in [1.165, 1.54) is 45.2 Å². The van der Waals surface area contributed by atoms with Crippen molar-refractivity contribution in [3.63, 3.8) is 0 Å². The summed E-state index contributed by atoms with van der Waals surface area (Å²) in [7, 11) is 4.45. The van der Waals surface area contributed by atoms with Crippen molar-refractivity contribution >= 4 is 0 Å². The van der Waals surface area contributed by atoms with E-state index in [0.717, 1.165) is 43.7 Å². The molecule has 0 radical (unpaired) electrons. The summed E-state index contributed by atoms with van der Waals surface area (Å²) < 4.78 is 14.6. The molecule has 0 unspecified atom stereocenters. The Morgan fingerprint density at radius 1 is 1.30 bits per heavy atom. The van der Waals surface area contributed by atoms with E-state index < -0.39 is 0 Å². The number of likely N-dealkylation sites (tertiary alicyclic amines) is 1. The van der Waals surface area contributed by atoms with E-state index in [1.807, 2.05) is 0 Å². The average molecular weight is 375 g/mol. The number of piperidine rings is 1. The number of hydrogen-bond acceptors (Lipinski definition) is 2. The lowest BCUT2D eigenvalue weighted by Crippen LogP contribution is -2.46. The molecule has 1 saturated heterocycles. The molecule has 2 nitrogen and oxygen atoms in total. The minimum Gasteiger partial charge on any atom is -0.306 e. The van der Waals surface area contributed by atoms with Crippen LogP contribution in [0.2, 0.25) is 0 Å². The summed E-state index contributed by atoms with van der Waals surface area (Å²) >= 11 is 0. The normalized spacial score (nSPS) is 25.0. The molecule has 27 heavy (non-hydrogen) atoms. The van der Waals surface area contributed by atoms with Crippen LogP contribution < -0.4 is 0 Å². The summed E-state index contributed by atoms with van der Waals surface area (Å²) in [4.78, 5) is 4.91. The number of allylic oxidation sites excluding steroid dienone is 3. The van der Waals surface area contributed by atoms with E-state index in [2.05, 4.69) is 49.0 Å². The van der Waals surface area contributed by atoms with Crippen molar-refractivity contribution in [2.45, 2.75) is 76.7 Å². The molecule has 0 aromatic carbocycles. The van der Waals surface area contributed by atoms with E-state index in [1.54, 1.807) is 5.57 Å². The van der Waals surface area contributed by atoms with Gasteiger partial charge in [0.1, 0.15) is 5.83 Å². The van der Waals surface area contributed by atoms with Crippen LogP contribution in [0.25, 0.3) is 0 Å². The maximum absolute atomic E-state index is 14.6. The minimum atomic E-state index is -0.0588. The first kappa shape index (κ1) is 20.8. The first-order valence-electron chi connectivity index (χ1n) is 11.1. The maximum Gasteiger partial charge on any atom is 0.105 e. The van der Waals surface area contributed by atoms with Gasteiger partial charge in [-0.25, -0.2) is 4.39 Å². The first-order chi connectivity index (χ1) is 13.0. The first-order valence-corrected chi connectivity index (χ1v) is 11.1. The molecule has 0 aromatic rings. The summed E-state index contributed by atoms with van der Waals surface area (Å²) in [6, 6.07) is 0. The van der Waals surface area contributed by atoms with Gasteiger partial charge in [0.15, 0.2) is 0 Å². The van der Waals surface area contributed by atoms with Crippen LogP contribution in [0.15, 0.2) is 35.2 Å². The van der Waals surface area contributed by atoms with Gasteiger partial charge in [-0.1, -0.05) is 36.6 Å². The molecule has 1 heterocycles. The Morgan fingerprint density at radius 3 is 2.67 bits per heavy atom. The van der Waals surface area contributed by atoms with Crippen molar-refractivity contribution < 1.29 is 4.39 Å². The Kier molecular flexibility index (Phi) is 7.33. The SMILES string of the molecule is C/C(=C\CCN(C)C1(C2=C(F)CCC=C2)CCCC1)CC1CCN(C)CC1. The molecule has 3 rings (SSSR count). The highest BCUT2D eigenvalue weighted by atomic mass is 19.1. The molecule has 0 bridgehead atoms. The van der Waals surface area contributed by atoms with Gasteiger partial charge in [-0.15, -0.1) is 0 Å². The van der Waals surface area contributed by atoms with Crippen LogP contribution >= 0.6 is 0 Å². The predicted octanol–water partition coefficient (Wildman–Crippen LogP) is 5.87. The highest BCUT2D eigenvalue weighted by molar-refractivity contribution is 5.37. The molecule has 3 heteroatoms. The number of nitrogens with zero attached hydrogens (tertiary/aromatic N) is 2. The lowest BCUT2D eigenvalue weighted by atomic mass is 9.82. The molecule has 0 atom stereocenters. The maximum atomic E-state index is 14.6. The van der Waals surface area contributed by atoms with Gasteiger partial charge in [0.25, 0.3) is 0 Å². The predicted molar refractivity (Wildman–Crippen MR) is 114 cm³/mol. The third-order valence-electron chi connectivity index (χ3n) is 7.18. The van der Waals surface area contributed by atoms with Crippen LogP contribution in [0.5, 0.6) is 0 Å². The summed E-state index contributed by atoms with van der Waals surface area (Å²) in [5.74, 6) is 1.00. The van der Waals surface area contributed by atoms with E-state index in [4.69, 9.17) is 0 Å². The van der Waals surface area contributed by atoms with Crippen molar-refractivity contribution in [1.29, 1.82) is 0 Å². The number of likely N-dealkylation sites (N-methyl/N-ethyl adjacent to an activating group) is 1. The van der Waals surface area contributed by atoms with Crippen molar-refractivity contribution in [2.75, 3.05) is 33.7 Å². The van der Waals surface area contributed by atoms with Crippen LogP contribution in [0.4, 0.5) is 4.39 Å². The smallest absolute Gasteiger partial charge is 0.105 e. The highest BCUT2D eigenvalue weighted by Gasteiger charge is 2.41. The fourth-order valence-electron chi connectivity index (χ4n) is 5.38. The van der Waals surface area contributed by atoms with E-state index >= 15 is 0 Å². The van der Waals surface area contributed by atoms with Crippen LogP contribution in [-0.2, 0) is 0 Å². The van der Waals surface area contributed by atoms with Crippen LogP contribution in [-0.4, -0.2) is 49.1 Å². The Bertz CT molecular complexity index is 575. The van der Waals surface area contributed by atoms with Crippen LogP contribution in [0.1, 0.15) is 71.1 Å². The standard InChI is InChI=1S/C24H39FN2/c1-20(19-21-12-17-26(2)18-13-21)9-8-16-27(3)24(14-6-7-15-24)22-10-4-5-11-23(22)25/h4,9-10,21H,5-8,11-19H2,1-3H3/b20-9+. The van der Waals surface area contributed by atoms with Crippen molar-refractivity contribution in [1.82, 2.24) is 9.80 Å². The van der Waals surface area contributed by atoms with E-state index in [0.29, 0.717) is 6.42 Å². The number of hydrogen-bond donors (Lipinski definition) is 0. The van der Waals surface area contributed by atoms with Crippen molar-refractivity contribution in [3.05, 3.63) is 35.2 Å². The molecule has 152 valence electrons. The van der Waals surface area contributed by atoms with E-state index in [9.17, 15) is 4.39 Å². The molecular weight excluding hydrogens is 335 g/mol. The summed E-state index contributed by atoms with van der Waals surface area (Å²) in [5.41, 5.74) is 2.47. The molecule has 0 aromatic heterocycles. The number of rotatable bonds is 7. The van der Waals surface area contributed by atoms with Gasteiger partial charge < -0.3 is 4.90 Å². The van der Waals surface area contributed by atoms with Crippen LogP contribution in [0, 0.1) is 5.92 Å². The largest absolute Gasteiger partial charge is 0.306 e. The third kappa shape index (κ3) is 5.12. The molecule has 1 saturated carbocycles. The molecule has 1 aliphatic heterocycles. The van der Waals surface area contributed by atoms with Gasteiger partial charge in [-0.05, 0) is 85.0 Å². The fraction of sp³-hybridized carbons (Fsp3) is 0.750. The Balaban J connectivity index is 1.55. The second-order valence-corrected chi connectivity index (χ2v) is 9.21. The monoisotopic (exact) mass is 374 g/mol. The van der Waals surface area contributed by atoms with Crippen LogP contribution in [0.3, 0.4) is 0 Å². The highest BCUT2D eigenvalue weighted by Crippen LogP contribution is 2.44. The number of halogens is 1. The van der Waals surface area contributed by atoms with Gasteiger partial charge in [-0.3, -0.25) is 4.90 Å². The molecule has 0 N–H and O–H groups in total. The zero-order chi connectivity index (χ0) is 19.3. The Labute approximate surface area is 166 Å². The average Bonchev–Trinajstić information content (AvgIpc) is 3.15. The molecule has 0 spiro atoms. The third-order valence-corrected chi connectivity index (χ3v) is 7.18. The second kappa shape index (κ2) is 9.52. The molecule has 3 aliphatic rings. The lowest BCUT2D eigenvalue weighted by molar-refractivity contribution is 0.162. The van der Waals surface area contributed by atoms with Gasteiger partial charge in [0, 0.05) is 24.1 Å². The summed E-state index contributed by atoms with van der Waals surface area (Å²) in [5, 5.41) is 0. The fourth-order valence-corrected chi connectivity index (χ4v) is 5.38. The van der Waals surface area contributed by atoms with Crippen molar-refractivity contribution in [2.24, 2.45) is 5.92 Å². The van der Waals surface area contributed by atoms with Gasteiger partial charge in [-0.2, -0.15) is 0 Å². The van der Waals surface area contributed by atoms with E-state index in [-0.39, 0.29) is 11.4 Å². The van der Waals surface area contributed by atoms with Gasteiger partial charge >= 0.3 is 0 Å². The molecule has 0 amide bonds. The van der Waals surface area contributed by atoms with Gasteiger partial charge in [0.05, 0.1) is 0 Å². The summed E-state index contributed by atoms with van der Waals surface area (Å²) in [6.07, 6.45) is 17.8. The Morgan fingerprint density at radius 2 is 2.00 bits per heavy atom. The second-order valence-electron chi connectivity index (χ2n) is 9.21. The zero-order valence-corrected chi connectivity index (χ0v) is 17.8. The lowest BCUT2D eigenvalue weighted by Gasteiger charge is -2.41. The molecule has 2 aliphatic carbocycles. The Hall–Kier alpha value is -0.930. The van der Waals surface area contributed by atoms with Crippen molar-refractivity contribution in [3.8, 4) is 0 Å². The van der Waals surface area contributed by atoms with Gasteiger partial charge in [0.2, 0.25) is 0 Å². The molecular formula is C24H39FN2. The quantitative estimate of drug-likeness (QED) is 0.514. The molecule has 2 fully saturated rings. The zero-order valence-electron chi connectivity index (χ0n) is 17.8. The topological polar surface area (TPSA) is 6.48 Å². The summed E-state index contributed by atoms with van der Waals surface area (Å²) in [6.45, 7) is 5.82. The minimum absolute atomic E-state index is 0.0588.